The van der Waals surface area contributed by atoms with Crippen LogP contribution in [0.25, 0.3) is 22.4 Å². The third-order valence-corrected chi connectivity index (χ3v) is 3.42. The number of allylic oxidation sites excluding steroid dienone is 1. The maximum absolute atomic E-state index is 11.4. The molecule has 0 atom stereocenters. The van der Waals surface area contributed by atoms with Crippen LogP contribution in [0.1, 0.15) is 6.92 Å². The number of hydrogen-bond acceptors (Lipinski definition) is 4. The Morgan fingerprint density at radius 2 is 2.00 bits per heavy atom. The number of imidazole rings is 1. The van der Waals surface area contributed by atoms with Gasteiger partial charge in [-0.25, -0.2) is 9.78 Å². The molecule has 3 rings (SSSR count). The molecule has 0 bridgehead atoms. The van der Waals surface area contributed by atoms with E-state index in [0.29, 0.717) is 13.2 Å². The van der Waals surface area contributed by atoms with Crippen molar-refractivity contribution in [2.24, 2.45) is 0 Å². The van der Waals surface area contributed by atoms with Gasteiger partial charge in [0.05, 0.1) is 17.6 Å². The number of carbonyl (C=O) groups is 1. The number of nitrogens with zero attached hydrogens (tertiary/aromatic N) is 3. The number of esters is 1. The lowest BCUT2D eigenvalue weighted by molar-refractivity contribution is -0.137. The molecule has 2 heterocycles. The summed E-state index contributed by atoms with van der Waals surface area (Å²) in [5.74, 6) is 0.518. The van der Waals surface area contributed by atoms with Crippen LogP contribution in [0.15, 0.2) is 60.9 Å². The average molecular weight is 307 g/mol. The molecule has 0 spiro atoms. The van der Waals surface area contributed by atoms with Crippen molar-refractivity contribution in [2.45, 2.75) is 13.5 Å². The highest BCUT2D eigenvalue weighted by atomic mass is 16.5. The van der Waals surface area contributed by atoms with Crippen LogP contribution in [0.5, 0.6) is 0 Å². The molecule has 0 aliphatic heterocycles. The molecule has 0 aliphatic carbocycles. The Bertz CT molecular complexity index is 838. The highest BCUT2D eigenvalue weighted by Crippen LogP contribution is 2.24. The van der Waals surface area contributed by atoms with Gasteiger partial charge in [0.1, 0.15) is 5.82 Å². The molecular weight excluding hydrogens is 290 g/mol. The van der Waals surface area contributed by atoms with Crippen molar-refractivity contribution in [3.63, 3.8) is 0 Å². The van der Waals surface area contributed by atoms with Crippen molar-refractivity contribution in [2.75, 3.05) is 6.61 Å². The molecule has 0 saturated carbocycles. The van der Waals surface area contributed by atoms with Crippen molar-refractivity contribution < 1.29 is 9.53 Å². The summed E-state index contributed by atoms with van der Waals surface area (Å²) in [6, 6.07) is 11.8. The van der Waals surface area contributed by atoms with E-state index in [1.165, 1.54) is 6.08 Å². The zero-order chi connectivity index (χ0) is 16.1. The lowest BCUT2D eigenvalue weighted by Gasteiger charge is -2.06. The van der Waals surface area contributed by atoms with Crippen LogP contribution in [0, 0.1) is 0 Å². The summed E-state index contributed by atoms with van der Waals surface area (Å²) in [7, 11) is 0. The Balaban J connectivity index is 1.98. The summed E-state index contributed by atoms with van der Waals surface area (Å²) >= 11 is 0. The van der Waals surface area contributed by atoms with Gasteiger partial charge in [0.25, 0.3) is 0 Å². The summed E-state index contributed by atoms with van der Waals surface area (Å²) in [6.45, 7) is 2.70. The number of pyridine rings is 1. The smallest absolute Gasteiger partial charge is 0.330 e. The van der Waals surface area contributed by atoms with Crippen molar-refractivity contribution in [1.82, 2.24) is 14.5 Å². The first-order valence-corrected chi connectivity index (χ1v) is 7.48. The number of carbonyl (C=O) groups excluding carboxylic acids is 1. The summed E-state index contributed by atoms with van der Waals surface area (Å²) in [6.07, 6.45) is 6.73. The highest BCUT2D eigenvalue weighted by Gasteiger charge is 2.11. The van der Waals surface area contributed by atoms with Crippen molar-refractivity contribution in [3.05, 3.63) is 60.9 Å². The zero-order valence-corrected chi connectivity index (χ0v) is 12.8. The zero-order valence-electron chi connectivity index (χ0n) is 12.8. The minimum atomic E-state index is -0.331. The molecule has 0 saturated heterocycles. The predicted octanol–water partition coefficient (Wildman–Crippen LogP) is 3.22. The molecule has 116 valence electrons. The normalized spacial score (nSPS) is 11.2. The molecule has 0 amide bonds. The van der Waals surface area contributed by atoms with Crippen LogP contribution in [0.4, 0.5) is 0 Å². The fourth-order valence-corrected chi connectivity index (χ4v) is 2.43. The topological polar surface area (TPSA) is 57.0 Å². The van der Waals surface area contributed by atoms with Crippen LogP contribution >= 0.6 is 0 Å². The van der Waals surface area contributed by atoms with E-state index in [9.17, 15) is 4.79 Å². The number of para-hydroxylation sites is 2. The van der Waals surface area contributed by atoms with Gasteiger partial charge in [-0.2, -0.15) is 0 Å². The molecule has 5 heteroatoms. The second-order valence-corrected chi connectivity index (χ2v) is 4.93. The fourth-order valence-electron chi connectivity index (χ4n) is 2.43. The monoisotopic (exact) mass is 307 g/mol. The minimum Gasteiger partial charge on any atom is -0.463 e. The number of fused-ring (bicyclic) bond motifs is 1. The van der Waals surface area contributed by atoms with Gasteiger partial charge < -0.3 is 9.30 Å². The molecule has 3 aromatic rings. The van der Waals surface area contributed by atoms with Gasteiger partial charge in [-0.3, -0.25) is 4.98 Å². The number of aromatic nitrogens is 3. The average Bonchev–Trinajstić information content (AvgIpc) is 2.95. The van der Waals surface area contributed by atoms with Crippen LogP contribution in [0.2, 0.25) is 0 Å². The van der Waals surface area contributed by atoms with E-state index < -0.39 is 0 Å². The first-order chi connectivity index (χ1) is 11.3. The Hall–Kier alpha value is -2.95. The molecule has 0 unspecified atom stereocenters. The molecular formula is C18H17N3O2. The third-order valence-electron chi connectivity index (χ3n) is 3.42. The number of ether oxygens (including phenoxy) is 1. The van der Waals surface area contributed by atoms with E-state index in [2.05, 4.69) is 9.55 Å². The molecule has 0 fully saturated rings. The van der Waals surface area contributed by atoms with E-state index in [0.717, 1.165) is 22.4 Å². The van der Waals surface area contributed by atoms with Gasteiger partial charge in [-0.05, 0) is 31.2 Å². The van der Waals surface area contributed by atoms with E-state index in [1.54, 1.807) is 25.4 Å². The largest absolute Gasteiger partial charge is 0.463 e. The van der Waals surface area contributed by atoms with Gasteiger partial charge in [-0.15, -0.1) is 0 Å². The highest BCUT2D eigenvalue weighted by molar-refractivity contribution is 5.82. The number of rotatable bonds is 5. The quantitative estimate of drug-likeness (QED) is 0.536. The minimum absolute atomic E-state index is 0.331. The number of hydrogen-bond donors (Lipinski definition) is 0. The van der Waals surface area contributed by atoms with E-state index >= 15 is 0 Å². The van der Waals surface area contributed by atoms with Crippen molar-refractivity contribution in [3.8, 4) is 11.4 Å². The van der Waals surface area contributed by atoms with Crippen LogP contribution in [0.3, 0.4) is 0 Å². The maximum Gasteiger partial charge on any atom is 0.330 e. The van der Waals surface area contributed by atoms with Crippen LogP contribution < -0.4 is 0 Å². The van der Waals surface area contributed by atoms with Gasteiger partial charge in [0.2, 0.25) is 0 Å². The predicted molar refractivity (Wildman–Crippen MR) is 88.7 cm³/mol. The van der Waals surface area contributed by atoms with Crippen molar-refractivity contribution in [1.29, 1.82) is 0 Å². The summed E-state index contributed by atoms with van der Waals surface area (Å²) < 4.78 is 6.97. The Morgan fingerprint density at radius 3 is 2.78 bits per heavy atom. The van der Waals surface area contributed by atoms with E-state index in [-0.39, 0.29) is 5.97 Å². The fraction of sp³-hybridized carbons (Fsp3) is 0.167. The van der Waals surface area contributed by atoms with Crippen LogP contribution in [-0.2, 0) is 16.1 Å². The lowest BCUT2D eigenvalue weighted by atomic mass is 10.2. The van der Waals surface area contributed by atoms with E-state index in [4.69, 9.17) is 9.72 Å². The van der Waals surface area contributed by atoms with Crippen molar-refractivity contribution >= 4 is 17.0 Å². The van der Waals surface area contributed by atoms with E-state index in [1.807, 2.05) is 36.4 Å². The SMILES string of the molecule is CCOC(=O)/C=C/Cn1c(-c2ccncc2)nc2ccccc21. The Kier molecular flexibility index (Phi) is 4.47. The second-order valence-electron chi connectivity index (χ2n) is 4.93. The molecule has 0 radical (unpaired) electrons. The first-order valence-electron chi connectivity index (χ1n) is 7.48. The van der Waals surface area contributed by atoms with Gasteiger partial charge in [0.15, 0.2) is 0 Å². The molecule has 0 N–H and O–H groups in total. The van der Waals surface area contributed by atoms with Gasteiger partial charge in [0, 0.05) is 30.6 Å². The van der Waals surface area contributed by atoms with Crippen LogP contribution in [-0.4, -0.2) is 27.1 Å². The van der Waals surface area contributed by atoms with Gasteiger partial charge in [-0.1, -0.05) is 18.2 Å². The number of benzene rings is 1. The third kappa shape index (κ3) is 3.29. The Morgan fingerprint density at radius 1 is 1.22 bits per heavy atom. The standard InChI is InChI=1S/C18H17N3O2/c1-2-23-17(22)8-5-13-21-16-7-4-3-6-15(16)20-18(21)14-9-11-19-12-10-14/h3-12H,2,13H2,1H3/b8-5+. The Labute approximate surface area is 134 Å². The summed E-state index contributed by atoms with van der Waals surface area (Å²) in [5, 5.41) is 0. The molecule has 1 aromatic carbocycles. The molecule has 0 aliphatic rings. The molecule has 23 heavy (non-hydrogen) atoms. The summed E-state index contributed by atoms with van der Waals surface area (Å²) in [4.78, 5) is 20.2. The lowest BCUT2D eigenvalue weighted by Crippen LogP contribution is -2.02. The first kappa shape index (κ1) is 15.0. The molecule has 5 nitrogen and oxygen atoms in total. The summed E-state index contributed by atoms with van der Waals surface area (Å²) in [5.41, 5.74) is 2.93. The van der Waals surface area contributed by atoms with Gasteiger partial charge >= 0.3 is 5.97 Å². The molecule has 2 aromatic heterocycles. The maximum atomic E-state index is 11.4. The second kappa shape index (κ2) is 6.87.